The first-order valence-electron chi connectivity index (χ1n) is 6.87. The van der Waals surface area contributed by atoms with Gasteiger partial charge in [-0.25, -0.2) is 0 Å². The molecule has 0 aromatic rings. The van der Waals surface area contributed by atoms with E-state index in [0.29, 0.717) is 19.1 Å². The minimum atomic E-state index is -0.251. The first-order chi connectivity index (χ1) is 8.93. The van der Waals surface area contributed by atoms with E-state index in [1.807, 2.05) is 0 Å². The number of hydrogen-bond acceptors (Lipinski definition) is 4. The maximum Gasteiger partial charge on any atom is 0.302 e. The molecular weight excluding hydrogens is 244 g/mol. The molecule has 2 bridgehead atoms. The number of ether oxygens (including phenoxy) is 2. The number of rotatable bonds is 4. The molecule has 3 fully saturated rings. The van der Waals surface area contributed by atoms with Gasteiger partial charge in [0.05, 0.1) is 13.2 Å². The highest BCUT2D eigenvalue weighted by Crippen LogP contribution is 2.55. The summed E-state index contributed by atoms with van der Waals surface area (Å²) in [6.45, 7) is 7.86. The molecule has 0 aromatic carbocycles. The lowest BCUT2D eigenvalue weighted by molar-refractivity contribution is -0.156. The van der Waals surface area contributed by atoms with Crippen LogP contribution < -0.4 is 0 Å². The van der Waals surface area contributed by atoms with Gasteiger partial charge in [-0.15, -0.1) is 0 Å². The quantitative estimate of drug-likeness (QED) is 0.579. The van der Waals surface area contributed by atoms with Crippen molar-refractivity contribution < 1.29 is 19.1 Å². The summed E-state index contributed by atoms with van der Waals surface area (Å²) in [5.41, 5.74) is 1.19. The molecule has 0 amide bonds. The molecule has 3 saturated carbocycles. The van der Waals surface area contributed by atoms with E-state index in [4.69, 9.17) is 9.47 Å². The highest BCUT2D eigenvalue weighted by molar-refractivity contribution is 5.66. The fourth-order valence-electron chi connectivity index (χ4n) is 3.53. The molecule has 3 atom stereocenters. The van der Waals surface area contributed by atoms with Crippen molar-refractivity contribution in [1.29, 1.82) is 0 Å². The Hall–Kier alpha value is -1.32. The largest absolute Gasteiger partial charge is 0.466 e. The van der Waals surface area contributed by atoms with Crippen LogP contribution in [0.15, 0.2) is 12.2 Å². The molecule has 4 nitrogen and oxygen atoms in total. The van der Waals surface area contributed by atoms with E-state index in [9.17, 15) is 9.59 Å². The molecule has 3 aliphatic rings. The normalized spacial score (nSPS) is 33.1. The molecule has 0 aromatic heterocycles. The standard InChI is InChI=1S/C15H22O4/c1-10-7-15(9-19-12(3)17)5-4-13(10)6-14(15)8-18-11(2)16/h13-14H,1,4-9H2,2-3H3/t13-,14-,15-/m0/s1. The maximum atomic E-state index is 11.1. The SMILES string of the molecule is C=C1C[C@]2(COC(C)=O)CC[C@H]1C[C@H]2COC(C)=O. The summed E-state index contributed by atoms with van der Waals surface area (Å²) >= 11 is 0. The van der Waals surface area contributed by atoms with Crippen LogP contribution in [-0.4, -0.2) is 25.2 Å². The third-order valence-electron chi connectivity index (χ3n) is 4.63. The topological polar surface area (TPSA) is 52.6 Å². The molecule has 0 unspecified atom stereocenters. The second kappa shape index (κ2) is 5.35. The lowest BCUT2D eigenvalue weighted by Gasteiger charge is -2.52. The van der Waals surface area contributed by atoms with Gasteiger partial charge in [-0.05, 0) is 31.6 Å². The Bertz CT molecular complexity index is 401. The minimum absolute atomic E-state index is 0.0764. The molecule has 4 heteroatoms. The number of carbonyl (C=O) groups excluding carboxylic acids is 2. The number of hydrogen-bond donors (Lipinski definition) is 0. The fourth-order valence-corrected chi connectivity index (χ4v) is 3.53. The third-order valence-corrected chi connectivity index (χ3v) is 4.63. The van der Waals surface area contributed by atoms with Gasteiger partial charge in [0, 0.05) is 25.2 Å². The van der Waals surface area contributed by atoms with Gasteiger partial charge < -0.3 is 9.47 Å². The molecule has 106 valence electrons. The van der Waals surface area contributed by atoms with Crippen molar-refractivity contribution in [3.05, 3.63) is 12.2 Å². The van der Waals surface area contributed by atoms with Gasteiger partial charge in [0.1, 0.15) is 0 Å². The fraction of sp³-hybridized carbons (Fsp3) is 0.733. The van der Waals surface area contributed by atoms with Gasteiger partial charge in [-0.1, -0.05) is 12.2 Å². The van der Waals surface area contributed by atoms with Crippen LogP contribution in [0.5, 0.6) is 0 Å². The molecule has 19 heavy (non-hydrogen) atoms. The smallest absolute Gasteiger partial charge is 0.302 e. The summed E-state index contributed by atoms with van der Waals surface area (Å²) in [7, 11) is 0. The van der Waals surface area contributed by atoms with Gasteiger partial charge in [-0.2, -0.15) is 0 Å². The van der Waals surface area contributed by atoms with Crippen molar-refractivity contribution in [2.45, 2.75) is 39.5 Å². The van der Waals surface area contributed by atoms with Gasteiger partial charge in [-0.3, -0.25) is 9.59 Å². The molecule has 0 N–H and O–H groups in total. The van der Waals surface area contributed by atoms with Crippen molar-refractivity contribution in [2.75, 3.05) is 13.2 Å². The Balaban J connectivity index is 2.09. The van der Waals surface area contributed by atoms with Crippen molar-refractivity contribution in [3.63, 3.8) is 0 Å². The molecule has 0 saturated heterocycles. The monoisotopic (exact) mass is 266 g/mol. The van der Waals surface area contributed by atoms with E-state index in [-0.39, 0.29) is 23.3 Å². The maximum absolute atomic E-state index is 11.1. The van der Waals surface area contributed by atoms with Crippen LogP contribution in [0.3, 0.4) is 0 Å². The van der Waals surface area contributed by atoms with E-state index >= 15 is 0 Å². The first-order valence-corrected chi connectivity index (χ1v) is 6.87. The number of allylic oxidation sites excluding steroid dienone is 1. The van der Waals surface area contributed by atoms with E-state index in [1.54, 1.807) is 0 Å². The Kier molecular flexibility index (Phi) is 3.97. The Morgan fingerprint density at radius 2 is 2.00 bits per heavy atom. The Morgan fingerprint density at radius 1 is 1.32 bits per heavy atom. The Labute approximate surface area is 114 Å². The van der Waals surface area contributed by atoms with Crippen molar-refractivity contribution in [2.24, 2.45) is 17.3 Å². The summed E-state index contributed by atoms with van der Waals surface area (Å²) in [6.07, 6.45) is 4.01. The predicted octanol–water partition coefficient (Wildman–Crippen LogP) is 2.48. The Morgan fingerprint density at radius 3 is 2.58 bits per heavy atom. The van der Waals surface area contributed by atoms with Crippen LogP contribution in [0, 0.1) is 17.3 Å². The lowest BCUT2D eigenvalue weighted by Crippen LogP contribution is -2.48. The van der Waals surface area contributed by atoms with Crippen molar-refractivity contribution >= 4 is 11.9 Å². The molecule has 0 spiro atoms. The zero-order chi connectivity index (χ0) is 14.0. The number of esters is 2. The third kappa shape index (κ3) is 2.99. The van der Waals surface area contributed by atoms with Crippen LogP contribution in [0.25, 0.3) is 0 Å². The molecule has 0 heterocycles. The van der Waals surface area contributed by atoms with Crippen LogP contribution >= 0.6 is 0 Å². The average Bonchev–Trinajstić information content (AvgIpc) is 2.35. The summed E-state index contributed by atoms with van der Waals surface area (Å²) in [5, 5.41) is 0. The zero-order valence-electron chi connectivity index (χ0n) is 11.7. The van der Waals surface area contributed by atoms with Gasteiger partial charge in [0.15, 0.2) is 0 Å². The average molecular weight is 266 g/mol. The second-order valence-electron chi connectivity index (χ2n) is 5.95. The van der Waals surface area contributed by atoms with Crippen molar-refractivity contribution in [3.8, 4) is 0 Å². The zero-order valence-corrected chi connectivity index (χ0v) is 11.7. The molecule has 3 rings (SSSR count). The van der Waals surface area contributed by atoms with Crippen LogP contribution in [0.2, 0.25) is 0 Å². The number of carbonyl (C=O) groups is 2. The van der Waals surface area contributed by atoms with Crippen LogP contribution in [0.4, 0.5) is 0 Å². The summed E-state index contributed by atoms with van der Waals surface area (Å²) in [6, 6.07) is 0. The van der Waals surface area contributed by atoms with Gasteiger partial charge in [0.2, 0.25) is 0 Å². The van der Waals surface area contributed by atoms with E-state index in [0.717, 1.165) is 25.7 Å². The molecule has 3 aliphatic carbocycles. The lowest BCUT2D eigenvalue weighted by atomic mass is 9.54. The second-order valence-corrected chi connectivity index (χ2v) is 5.95. The van der Waals surface area contributed by atoms with Crippen LogP contribution in [0.1, 0.15) is 39.5 Å². The van der Waals surface area contributed by atoms with Gasteiger partial charge in [0.25, 0.3) is 0 Å². The first kappa shape index (κ1) is 14.1. The van der Waals surface area contributed by atoms with E-state index in [2.05, 4.69) is 6.58 Å². The summed E-state index contributed by atoms with van der Waals surface area (Å²) in [4.78, 5) is 22.1. The number of fused-ring (bicyclic) bond motifs is 3. The van der Waals surface area contributed by atoms with E-state index in [1.165, 1.54) is 19.4 Å². The highest BCUT2D eigenvalue weighted by Gasteiger charge is 2.50. The van der Waals surface area contributed by atoms with E-state index < -0.39 is 0 Å². The predicted molar refractivity (Wildman–Crippen MR) is 70.3 cm³/mol. The summed E-state index contributed by atoms with van der Waals surface area (Å²) < 4.78 is 10.5. The highest BCUT2D eigenvalue weighted by atomic mass is 16.5. The van der Waals surface area contributed by atoms with Crippen LogP contribution in [-0.2, 0) is 19.1 Å². The van der Waals surface area contributed by atoms with Crippen molar-refractivity contribution in [1.82, 2.24) is 0 Å². The van der Waals surface area contributed by atoms with Gasteiger partial charge >= 0.3 is 11.9 Å². The molecule has 0 radical (unpaired) electrons. The molecular formula is C15H22O4. The molecule has 0 aliphatic heterocycles. The summed E-state index contributed by atoms with van der Waals surface area (Å²) in [5.74, 6) is 0.321. The minimum Gasteiger partial charge on any atom is -0.466 e.